The van der Waals surface area contributed by atoms with Gasteiger partial charge in [0, 0.05) is 18.3 Å². The van der Waals surface area contributed by atoms with Crippen molar-refractivity contribution in [3.05, 3.63) is 45.4 Å². The van der Waals surface area contributed by atoms with E-state index < -0.39 is 16.0 Å². The molecule has 0 saturated carbocycles. The maximum atomic E-state index is 12.2. The van der Waals surface area contributed by atoms with Crippen LogP contribution in [0, 0.1) is 0 Å². The Hall–Kier alpha value is -1.48. The SMILES string of the molecule is O=C(O)c1ccc(Cl)c(S(=O)(=O)NCCc2cscn2)c1. The van der Waals surface area contributed by atoms with Crippen LogP contribution in [0.4, 0.5) is 0 Å². The molecule has 0 spiro atoms. The van der Waals surface area contributed by atoms with E-state index in [4.69, 9.17) is 16.7 Å². The van der Waals surface area contributed by atoms with Gasteiger partial charge in [0.05, 0.1) is 21.8 Å². The van der Waals surface area contributed by atoms with Gasteiger partial charge in [-0.2, -0.15) is 0 Å². The molecule has 9 heteroatoms. The van der Waals surface area contributed by atoms with Crippen LogP contribution >= 0.6 is 22.9 Å². The van der Waals surface area contributed by atoms with Gasteiger partial charge in [0.1, 0.15) is 4.90 Å². The second-order valence-electron chi connectivity index (χ2n) is 4.08. The molecule has 0 aliphatic heterocycles. The van der Waals surface area contributed by atoms with E-state index in [1.165, 1.54) is 23.5 Å². The third-order valence-corrected chi connectivity index (χ3v) is 5.20. The molecular formula is C12H11ClN2O4S2. The number of rotatable bonds is 6. The lowest BCUT2D eigenvalue weighted by Crippen LogP contribution is -2.26. The zero-order valence-electron chi connectivity index (χ0n) is 10.6. The normalized spacial score (nSPS) is 11.5. The molecule has 0 bridgehead atoms. The average Bonchev–Trinajstić information content (AvgIpc) is 2.91. The molecule has 6 nitrogen and oxygen atoms in total. The van der Waals surface area contributed by atoms with Gasteiger partial charge in [-0.15, -0.1) is 11.3 Å². The molecule has 112 valence electrons. The van der Waals surface area contributed by atoms with Crippen molar-refractivity contribution in [2.24, 2.45) is 0 Å². The van der Waals surface area contributed by atoms with Gasteiger partial charge in [-0.25, -0.2) is 22.9 Å². The summed E-state index contributed by atoms with van der Waals surface area (Å²) in [5.74, 6) is -1.22. The van der Waals surface area contributed by atoms with Gasteiger partial charge in [-0.05, 0) is 18.2 Å². The summed E-state index contributed by atoms with van der Waals surface area (Å²) in [5, 5.41) is 10.7. The topological polar surface area (TPSA) is 96.4 Å². The molecule has 1 aromatic carbocycles. The summed E-state index contributed by atoms with van der Waals surface area (Å²) in [6.45, 7) is 0.152. The van der Waals surface area contributed by atoms with E-state index in [2.05, 4.69) is 9.71 Å². The smallest absolute Gasteiger partial charge is 0.335 e. The van der Waals surface area contributed by atoms with Crippen molar-refractivity contribution >= 4 is 38.9 Å². The van der Waals surface area contributed by atoms with E-state index >= 15 is 0 Å². The molecule has 2 aromatic rings. The fourth-order valence-corrected chi connectivity index (χ4v) is 3.74. The summed E-state index contributed by atoms with van der Waals surface area (Å²) in [7, 11) is -3.87. The van der Waals surface area contributed by atoms with E-state index in [0.29, 0.717) is 6.42 Å². The van der Waals surface area contributed by atoms with Crippen molar-refractivity contribution in [2.75, 3.05) is 6.54 Å². The van der Waals surface area contributed by atoms with Crippen molar-refractivity contribution in [1.29, 1.82) is 0 Å². The highest BCUT2D eigenvalue weighted by molar-refractivity contribution is 7.89. The molecule has 2 rings (SSSR count). The van der Waals surface area contributed by atoms with Crippen LogP contribution < -0.4 is 4.72 Å². The Kier molecular flexibility index (Phi) is 4.94. The van der Waals surface area contributed by atoms with E-state index in [1.807, 2.05) is 5.38 Å². The van der Waals surface area contributed by atoms with Gasteiger partial charge >= 0.3 is 5.97 Å². The minimum Gasteiger partial charge on any atom is -0.478 e. The van der Waals surface area contributed by atoms with Crippen LogP contribution in [0.5, 0.6) is 0 Å². The minimum atomic E-state index is -3.87. The number of aromatic carboxylic acids is 1. The third kappa shape index (κ3) is 4.01. The molecule has 0 aliphatic carbocycles. The van der Waals surface area contributed by atoms with Gasteiger partial charge in [0.15, 0.2) is 0 Å². The minimum absolute atomic E-state index is 0.0267. The first kappa shape index (κ1) is 15.9. The molecule has 1 heterocycles. The summed E-state index contributed by atoms with van der Waals surface area (Å²) >= 11 is 7.27. The van der Waals surface area contributed by atoms with Gasteiger partial charge in [-0.3, -0.25) is 0 Å². The highest BCUT2D eigenvalue weighted by Crippen LogP contribution is 2.22. The van der Waals surface area contributed by atoms with Gasteiger partial charge < -0.3 is 5.11 Å². The zero-order chi connectivity index (χ0) is 15.5. The lowest BCUT2D eigenvalue weighted by atomic mass is 10.2. The van der Waals surface area contributed by atoms with Crippen LogP contribution in [0.2, 0.25) is 5.02 Å². The standard InChI is InChI=1S/C12H11ClN2O4S2/c13-10-2-1-8(12(16)17)5-11(10)21(18,19)15-4-3-9-6-20-7-14-9/h1-2,5-7,15H,3-4H2,(H,16,17). The third-order valence-electron chi connectivity index (χ3n) is 2.62. The fraction of sp³-hybridized carbons (Fsp3) is 0.167. The first-order valence-corrected chi connectivity index (χ1v) is 8.60. The van der Waals surface area contributed by atoms with Crippen molar-refractivity contribution in [3.63, 3.8) is 0 Å². The number of nitrogens with one attached hydrogen (secondary N) is 1. The molecule has 2 N–H and O–H groups in total. The van der Waals surface area contributed by atoms with Crippen LogP contribution in [-0.4, -0.2) is 31.0 Å². The van der Waals surface area contributed by atoms with Gasteiger partial charge in [0.2, 0.25) is 10.0 Å². The number of carboxylic acid groups (broad SMARTS) is 1. The van der Waals surface area contributed by atoms with E-state index in [-0.39, 0.29) is 22.0 Å². The average molecular weight is 347 g/mol. The molecule has 1 aromatic heterocycles. The summed E-state index contributed by atoms with van der Waals surface area (Å²) in [6, 6.07) is 3.54. The van der Waals surface area contributed by atoms with E-state index in [1.54, 1.807) is 5.51 Å². The predicted octanol–water partition coefficient (Wildman–Crippen LogP) is 2.02. The number of halogens is 1. The van der Waals surface area contributed by atoms with Crippen LogP contribution in [0.3, 0.4) is 0 Å². The number of hydrogen-bond acceptors (Lipinski definition) is 5. The first-order chi connectivity index (χ1) is 9.90. The van der Waals surface area contributed by atoms with Gasteiger partial charge in [-0.1, -0.05) is 11.6 Å². The lowest BCUT2D eigenvalue weighted by molar-refractivity contribution is 0.0696. The molecule has 0 saturated heterocycles. The number of sulfonamides is 1. The number of nitrogens with zero attached hydrogens (tertiary/aromatic N) is 1. The number of aromatic nitrogens is 1. The second kappa shape index (κ2) is 6.52. The number of benzene rings is 1. The van der Waals surface area contributed by atoms with Crippen LogP contribution in [0.1, 0.15) is 16.1 Å². The highest BCUT2D eigenvalue weighted by atomic mass is 35.5. The molecule has 0 fully saturated rings. The number of carboxylic acids is 1. The first-order valence-electron chi connectivity index (χ1n) is 5.80. The highest BCUT2D eigenvalue weighted by Gasteiger charge is 2.19. The molecular weight excluding hydrogens is 336 g/mol. The molecule has 0 aliphatic rings. The molecule has 0 amide bonds. The maximum Gasteiger partial charge on any atom is 0.335 e. The Balaban J connectivity index is 2.15. The molecule has 21 heavy (non-hydrogen) atoms. The second-order valence-corrected chi connectivity index (χ2v) is 6.94. The van der Waals surface area contributed by atoms with Gasteiger partial charge in [0.25, 0.3) is 0 Å². The maximum absolute atomic E-state index is 12.2. The summed E-state index contributed by atoms with van der Waals surface area (Å²) in [6.07, 6.45) is 0.443. The Morgan fingerprint density at radius 3 is 2.81 bits per heavy atom. The number of thiazole rings is 1. The predicted molar refractivity (Wildman–Crippen MR) is 79.4 cm³/mol. The Labute approximate surface area is 130 Å². The quantitative estimate of drug-likeness (QED) is 0.834. The van der Waals surface area contributed by atoms with Crippen molar-refractivity contribution in [1.82, 2.24) is 9.71 Å². The Morgan fingerprint density at radius 2 is 2.19 bits per heavy atom. The Bertz CT molecular complexity index is 745. The largest absolute Gasteiger partial charge is 0.478 e. The molecule has 0 unspecified atom stereocenters. The lowest BCUT2D eigenvalue weighted by Gasteiger charge is -2.08. The van der Waals surface area contributed by atoms with Crippen LogP contribution in [-0.2, 0) is 16.4 Å². The van der Waals surface area contributed by atoms with Crippen molar-refractivity contribution in [3.8, 4) is 0 Å². The molecule has 0 radical (unpaired) electrons. The Morgan fingerprint density at radius 1 is 1.43 bits per heavy atom. The van der Waals surface area contributed by atoms with Crippen molar-refractivity contribution in [2.45, 2.75) is 11.3 Å². The van der Waals surface area contributed by atoms with Crippen LogP contribution in [0.25, 0.3) is 0 Å². The summed E-state index contributed by atoms with van der Waals surface area (Å²) in [4.78, 5) is 14.7. The van der Waals surface area contributed by atoms with E-state index in [0.717, 1.165) is 11.8 Å². The van der Waals surface area contributed by atoms with E-state index in [9.17, 15) is 13.2 Å². The molecule has 0 atom stereocenters. The monoisotopic (exact) mass is 346 g/mol. The number of hydrogen-bond donors (Lipinski definition) is 2. The zero-order valence-corrected chi connectivity index (χ0v) is 13.0. The fourth-order valence-electron chi connectivity index (χ4n) is 1.59. The summed E-state index contributed by atoms with van der Waals surface area (Å²) in [5.41, 5.74) is 2.31. The summed E-state index contributed by atoms with van der Waals surface area (Å²) < 4.78 is 26.7. The van der Waals surface area contributed by atoms with Crippen LogP contribution in [0.15, 0.2) is 34.0 Å². The number of carbonyl (C=O) groups is 1. The van der Waals surface area contributed by atoms with Crippen molar-refractivity contribution < 1.29 is 18.3 Å².